The molecule has 0 spiro atoms. The van der Waals surface area contributed by atoms with Gasteiger partial charge in [0.25, 0.3) is 0 Å². The van der Waals surface area contributed by atoms with Crippen molar-refractivity contribution in [1.29, 1.82) is 0 Å². The summed E-state index contributed by atoms with van der Waals surface area (Å²) >= 11 is 3.43. The van der Waals surface area contributed by atoms with Crippen LogP contribution in [0.25, 0.3) is 11.1 Å². The van der Waals surface area contributed by atoms with E-state index in [1.165, 1.54) is 0 Å². The minimum Gasteiger partial charge on any atom is -0.497 e. The summed E-state index contributed by atoms with van der Waals surface area (Å²) in [5.74, 6) is 0.871. The number of ether oxygens (including phenoxy) is 1. The first-order valence-electron chi connectivity index (χ1n) is 5.99. The van der Waals surface area contributed by atoms with Gasteiger partial charge in [0.15, 0.2) is 0 Å². The molecular formula is C15H16BrNO. The molecule has 0 aliphatic heterocycles. The maximum absolute atomic E-state index is 5.23. The van der Waals surface area contributed by atoms with Gasteiger partial charge in [-0.15, -0.1) is 0 Å². The van der Waals surface area contributed by atoms with E-state index < -0.39 is 0 Å². The van der Waals surface area contributed by atoms with E-state index >= 15 is 0 Å². The number of rotatable bonds is 5. The molecule has 1 aromatic carbocycles. The van der Waals surface area contributed by atoms with Crippen molar-refractivity contribution in [2.45, 2.75) is 12.8 Å². The summed E-state index contributed by atoms with van der Waals surface area (Å²) in [6.45, 7) is 0. The zero-order valence-electron chi connectivity index (χ0n) is 10.4. The number of benzene rings is 1. The molecule has 0 unspecified atom stereocenters. The van der Waals surface area contributed by atoms with Gasteiger partial charge < -0.3 is 4.74 Å². The number of aryl methyl sites for hydroxylation is 1. The lowest BCUT2D eigenvalue weighted by molar-refractivity contribution is 0.415. The van der Waals surface area contributed by atoms with Gasteiger partial charge in [0.05, 0.1) is 7.11 Å². The molecule has 0 aliphatic carbocycles. The van der Waals surface area contributed by atoms with E-state index in [1.54, 1.807) is 7.11 Å². The summed E-state index contributed by atoms with van der Waals surface area (Å²) < 4.78 is 5.23. The van der Waals surface area contributed by atoms with E-state index in [0.29, 0.717) is 0 Å². The van der Waals surface area contributed by atoms with E-state index in [4.69, 9.17) is 4.74 Å². The van der Waals surface area contributed by atoms with Gasteiger partial charge in [0.2, 0.25) is 0 Å². The van der Waals surface area contributed by atoms with Crippen LogP contribution in [-0.2, 0) is 6.42 Å². The maximum Gasteiger partial charge on any atom is 0.119 e. The first kappa shape index (κ1) is 13.1. The van der Waals surface area contributed by atoms with E-state index in [1.807, 2.05) is 24.4 Å². The number of nitrogens with zero attached hydrogens (tertiary/aromatic N) is 1. The molecule has 0 radical (unpaired) electrons. The summed E-state index contributed by atoms with van der Waals surface area (Å²) in [6, 6.07) is 12.2. The Hall–Kier alpha value is -1.35. The standard InChI is InChI=1S/C15H16BrNO/c1-18-15-6-2-4-12(10-15)13-7-8-14(17-11-13)5-3-9-16/h2,4,6-8,10-11H,3,5,9H2,1H3. The van der Waals surface area contributed by atoms with E-state index in [-0.39, 0.29) is 0 Å². The van der Waals surface area contributed by atoms with Crippen molar-refractivity contribution in [2.24, 2.45) is 0 Å². The summed E-state index contributed by atoms with van der Waals surface area (Å²) in [7, 11) is 1.68. The number of hydrogen-bond donors (Lipinski definition) is 0. The van der Waals surface area contributed by atoms with Gasteiger partial charge in [-0.2, -0.15) is 0 Å². The highest BCUT2D eigenvalue weighted by Crippen LogP contribution is 2.23. The van der Waals surface area contributed by atoms with Gasteiger partial charge in [-0.1, -0.05) is 34.1 Å². The van der Waals surface area contributed by atoms with Crippen LogP contribution in [-0.4, -0.2) is 17.4 Å². The van der Waals surface area contributed by atoms with Crippen molar-refractivity contribution in [3.05, 3.63) is 48.3 Å². The summed E-state index contributed by atoms with van der Waals surface area (Å²) in [4.78, 5) is 4.49. The van der Waals surface area contributed by atoms with Gasteiger partial charge in [0, 0.05) is 22.8 Å². The van der Waals surface area contributed by atoms with E-state index in [0.717, 1.165) is 40.7 Å². The molecule has 0 fully saturated rings. The van der Waals surface area contributed by atoms with Crippen LogP contribution < -0.4 is 4.74 Å². The third-order valence-corrected chi connectivity index (χ3v) is 3.36. The molecule has 0 atom stereocenters. The van der Waals surface area contributed by atoms with Crippen molar-refractivity contribution in [3.8, 4) is 16.9 Å². The molecule has 0 N–H and O–H groups in total. The van der Waals surface area contributed by atoms with Crippen molar-refractivity contribution in [3.63, 3.8) is 0 Å². The largest absolute Gasteiger partial charge is 0.497 e. The lowest BCUT2D eigenvalue weighted by Crippen LogP contribution is -1.91. The Bertz CT molecular complexity index is 496. The van der Waals surface area contributed by atoms with Crippen LogP contribution in [0.3, 0.4) is 0 Å². The maximum atomic E-state index is 5.23. The fourth-order valence-corrected chi connectivity index (χ4v) is 2.07. The molecule has 2 aromatic rings. The van der Waals surface area contributed by atoms with Crippen LogP contribution in [0.4, 0.5) is 0 Å². The minimum absolute atomic E-state index is 0.871. The number of methoxy groups -OCH3 is 1. The van der Waals surface area contributed by atoms with E-state index in [2.05, 4.69) is 39.1 Å². The molecule has 2 rings (SSSR count). The Labute approximate surface area is 116 Å². The van der Waals surface area contributed by atoms with Crippen molar-refractivity contribution >= 4 is 15.9 Å². The predicted octanol–water partition coefficient (Wildman–Crippen LogP) is 4.08. The first-order valence-corrected chi connectivity index (χ1v) is 7.11. The summed E-state index contributed by atoms with van der Waals surface area (Å²) in [6.07, 6.45) is 4.06. The fourth-order valence-electron chi connectivity index (χ4n) is 1.79. The highest BCUT2D eigenvalue weighted by molar-refractivity contribution is 9.09. The monoisotopic (exact) mass is 305 g/mol. The number of pyridine rings is 1. The normalized spacial score (nSPS) is 10.3. The second kappa shape index (κ2) is 6.55. The van der Waals surface area contributed by atoms with Crippen LogP contribution >= 0.6 is 15.9 Å². The lowest BCUT2D eigenvalue weighted by atomic mass is 10.1. The average Bonchev–Trinajstić information content (AvgIpc) is 2.46. The van der Waals surface area contributed by atoms with Crippen molar-refractivity contribution in [2.75, 3.05) is 12.4 Å². The highest BCUT2D eigenvalue weighted by Gasteiger charge is 2.01. The third kappa shape index (κ3) is 3.33. The highest BCUT2D eigenvalue weighted by atomic mass is 79.9. The molecule has 3 heteroatoms. The molecule has 0 aliphatic rings. The molecule has 0 amide bonds. The Morgan fingerprint density at radius 2 is 2.06 bits per heavy atom. The van der Waals surface area contributed by atoms with Crippen molar-refractivity contribution < 1.29 is 4.74 Å². The molecule has 2 nitrogen and oxygen atoms in total. The third-order valence-electron chi connectivity index (χ3n) is 2.79. The Kier molecular flexibility index (Phi) is 4.76. The molecule has 1 aromatic heterocycles. The van der Waals surface area contributed by atoms with Gasteiger partial charge in [-0.3, -0.25) is 4.98 Å². The Morgan fingerprint density at radius 1 is 1.17 bits per heavy atom. The molecule has 1 heterocycles. The number of aromatic nitrogens is 1. The van der Waals surface area contributed by atoms with Crippen LogP contribution in [0, 0.1) is 0 Å². The smallest absolute Gasteiger partial charge is 0.119 e. The van der Waals surface area contributed by atoms with Gasteiger partial charge in [0.1, 0.15) is 5.75 Å². The van der Waals surface area contributed by atoms with Crippen LogP contribution in [0.15, 0.2) is 42.6 Å². The Morgan fingerprint density at radius 3 is 2.72 bits per heavy atom. The number of halogens is 1. The number of hydrogen-bond acceptors (Lipinski definition) is 2. The molecular weight excluding hydrogens is 290 g/mol. The fraction of sp³-hybridized carbons (Fsp3) is 0.267. The quantitative estimate of drug-likeness (QED) is 0.776. The molecule has 0 saturated carbocycles. The first-order chi connectivity index (χ1) is 8.83. The van der Waals surface area contributed by atoms with Crippen LogP contribution in [0.5, 0.6) is 5.75 Å². The zero-order valence-corrected chi connectivity index (χ0v) is 12.0. The second-order valence-electron chi connectivity index (χ2n) is 4.06. The van der Waals surface area contributed by atoms with Crippen molar-refractivity contribution in [1.82, 2.24) is 4.98 Å². The van der Waals surface area contributed by atoms with Gasteiger partial charge in [-0.05, 0) is 36.6 Å². The van der Waals surface area contributed by atoms with Gasteiger partial charge in [-0.25, -0.2) is 0 Å². The van der Waals surface area contributed by atoms with E-state index in [9.17, 15) is 0 Å². The predicted molar refractivity (Wildman–Crippen MR) is 78.3 cm³/mol. The molecule has 18 heavy (non-hydrogen) atoms. The second-order valence-corrected chi connectivity index (χ2v) is 4.86. The number of alkyl halides is 1. The summed E-state index contributed by atoms with van der Waals surface area (Å²) in [5, 5.41) is 1.02. The molecule has 0 saturated heterocycles. The van der Waals surface area contributed by atoms with Crippen LogP contribution in [0.2, 0.25) is 0 Å². The topological polar surface area (TPSA) is 22.1 Å². The summed E-state index contributed by atoms with van der Waals surface area (Å²) in [5.41, 5.74) is 3.39. The molecule has 94 valence electrons. The lowest BCUT2D eigenvalue weighted by Gasteiger charge is -2.05. The van der Waals surface area contributed by atoms with Gasteiger partial charge >= 0.3 is 0 Å². The van der Waals surface area contributed by atoms with Crippen LogP contribution in [0.1, 0.15) is 12.1 Å². The Balaban J connectivity index is 2.17. The minimum atomic E-state index is 0.871. The average molecular weight is 306 g/mol. The SMILES string of the molecule is COc1cccc(-c2ccc(CCCBr)nc2)c1. The molecule has 0 bridgehead atoms. The zero-order chi connectivity index (χ0) is 12.8.